The standard InChI is InChI=1S/C8H5F12I/c9-4(10,1-3(21)6(12,13)14)2-5(11,7(15,16)17)8(18,19)20/h3H,1-2H2. The van der Waals surface area contributed by atoms with Gasteiger partial charge in [-0.3, -0.25) is 0 Å². The van der Waals surface area contributed by atoms with Crippen LogP contribution in [0.2, 0.25) is 0 Å². The molecule has 0 saturated heterocycles. The lowest BCUT2D eigenvalue weighted by atomic mass is 9.93. The number of alkyl halides is 13. The van der Waals surface area contributed by atoms with Gasteiger partial charge in [0, 0.05) is 6.42 Å². The van der Waals surface area contributed by atoms with Crippen LogP contribution in [0, 0.1) is 0 Å². The summed E-state index contributed by atoms with van der Waals surface area (Å²) in [6, 6.07) is 0. The van der Waals surface area contributed by atoms with Gasteiger partial charge < -0.3 is 0 Å². The molecule has 13 heteroatoms. The number of hydrogen-bond acceptors (Lipinski definition) is 0. The number of halogens is 13. The summed E-state index contributed by atoms with van der Waals surface area (Å²) in [5.74, 6) is -5.17. The molecule has 1 unspecified atom stereocenters. The van der Waals surface area contributed by atoms with Crippen LogP contribution in [0.15, 0.2) is 0 Å². The Labute approximate surface area is 123 Å². The van der Waals surface area contributed by atoms with E-state index in [4.69, 9.17) is 0 Å². The SMILES string of the molecule is FC(F)(CC(I)C(F)(F)F)CC(F)(C(F)(F)F)C(F)(F)F. The molecule has 0 aromatic rings. The van der Waals surface area contributed by atoms with Gasteiger partial charge in [0.2, 0.25) is 0 Å². The van der Waals surface area contributed by atoms with E-state index in [1.54, 1.807) is 0 Å². The summed E-state index contributed by atoms with van der Waals surface area (Å²) in [7, 11) is 0. The zero-order chi connectivity index (χ0) is 17.5. The van der Waals surface area contributed by atoms with Crippen molar-refractivity contribution in [3.05, 3.63) is 0 Å². The Hall–Kier alpha value is -0.110. The molecule has 21 heavy (non-hydrogen) atoms. The minimum absolute atomic E-state index is 0.377. The molecule has 0 aliphatic carbocycles. The molecule has 0 nitrogen and oxygen atoms in total. The Kier molecular flexibility index (Phi) is 5.80. The van der Waals surface area contributed by atoms with Gasteiger partial charge in [-0.05, 0) is 0 Å². The van der Waals surface area contributed by atoms with Crippen LogP contribution in [-0.2, 0) is 0 Å². The summed E-state index contributed by atoms with van der Waals surface area (Å²) in [6.07, 6.45) is -24.6. The fourth-order valence-electron chi connectivity index (χ4n) is 1.17. The predicted molar refractivity (Wildman–Crippen MR) is 54.0 cm³/mol. The zero-order valence-corrected chi connectivity index (χ0v) is 11.6. The Morgan fingerprint density at radius 1 is 0.667 bits per heavy atom. The smallest absolute Gasteiger partial charge is 0.223 e. The van der Waals surface area contributed by atoms with Gasteiger partial charge >= 0.3 is 24.2 Å². The highest BCUT2D eigenvalue weighted by atomic mass is 127. The minimum Gasteiger partial charge on any atom is -0.223 e. The molecule has 1 atom stereocenters. The summed E-state index contributed by atoms with van der Waals surface area (Å²) in [4.78, 5) is 0. The predicted octanol–water partition coefficient (Wildman–Crippen LogP) is 5.60. The molecule has 0 saturated carbocycles. The summed E-state index contributed by atoms with van der Waals surface area (Å²) < 4.78 is 144. The molecular weight excluding hydrogens is 451 g/mol. The van der Waals surface area contributed by atoms with Gasteiger partial charge in [-0.1, -0.05) is 22.6 Å². The molecule has 0 spiro atoms. The molecule has 0 aliphatic rings. The molecule has 128 valence electrons. The number of rotatable bonds is 4. The molecule has 0 aliphatic heterocycles. The van der Waals surface area contributed by atoms with E-state index in [9.17, 15) is 52.7 Å². The fraction of sp³-hybridized carbons (Fsp3) is 1.00. The van der Waals surface area contributed by atoms with Crippen molar-refractivity contribution in [3.8, 4) is 0 Å². The van der Waals surface area contributed by atoms with E-state index in [1.807, 2.05) is 0 Å². The number of hydrogen-bond donors (Lipinski definition) is 0. The van der Waals surface area contributed by atoms with Crippen molar-refractivity contribution in [3.63, 3.8) is 0 Å². The first-order chi connectivity index (χ1) is 8.83. The van der Waals surface area contributed by atoms with E-state index < -0.39 is 46.9 Å². The highest BCUT2D eigenvalue weighted by Crippen LogP contribution is 2.52. The monoisotopic (exact) mass is 456 g/mol. The van der Waals surface area contributed by atoms with Crippen molar-refractivity contribution in [2.24, 2.45) is 0 Å². The maximum Gasteiger partial charge on any atom is 0.431 e. The average molecular weight is 456 g/mol. The van der Waals surface area contributed by atoms with Crippen LogP contribution < -0.4 is 0 Å². The normalized spacial score (nSPS) is 17.0. The molecule has 0 N–H and O–H groups in total. The summed E-state index contributed by atoms with van der Waals surface area (Å²) in [5, 5.41) is 0. The molecule has 0 fully saturated rings. The Morgan fingerprint density at radius 3 is 1.24 bits per heavy atom. The van der Waals surface area contributed by atoms with E-state index in [-0.39, 0.29) is 0 Å². The van der Waals surface area contributed by atoms with Crippen molar-refractivity contribution in [1.82, 2.24) is 0 Å². The lowest BCUT2D eigenvalue weighted by molar-refractivity contribution is -0.355. The quantitative estimate of drug-likeness (QED) is 0.294. The van der Waals surface area contributed by atoms with Crippen molar-refractivity contribution in [2.45, 2.75) is 46.9 Å². The third-order valence-electron chi connectivity index (χ3n) is 2.23. The Morgan fingerprint density at radius 2 is 1.00 bits per heavy atom. The second kappa shape index (κ2) is 5.83. The first kappa shape index (κ1) is 20.9. The molecule has 0 heterocycles. The maximum absolute atomic E-state index is 13.0. The van der Waals surface area contributed by atoms with Crippen molar-refractivity contribution in [2.75, 3.05) is 0 Å². The van der Waals surface area contributed by atoms with E-state index in [2.05, 4.69) is 0 Å². The van der Waals surface area contributed by atoms with Gasteiger partial charge in [-0.15, -0.1) is 0 Å². The van der Waals surface area contributed by atoms with Crippen LogP contribution in [0.4, 0.5) is 52.7 Å². The van der Waals surface area contributed by atoms with E-state index in [0.29, 0.717) is 22.6 Å². The van der Waals surface area contributed by atoms with E-state index >= 15 is 0 Å². The lowest BCUT2D eigenvalue weighted by Crippen LogP contribution is -2.56. The summed E-state index contributed by atoms with van der Waals surface area (Å²) >= 11 is 0.377. The van der Waals surface area contributed by atoms with Gasteiger partial charge in [0.25, 0.3) is 5.92 Å². The van der Waals surface area contributed by atoms with Crippen LogP contribution >= 0.6 is 22.6 Å². The average Bonchev–Trinajstić information content (AvgIpc) is 2.10. The Bertz CT molecular complexity index is 336. The largest absolute Gasteiger partial charge is 0.431 e. The van der Waals surface area contributed by atoms with Gasteiger partial charge in [0.1, 0.15) is 3.92 Å². The zero-order valence-electron chi connectivity index (χ0n) is 9.41. The maximum atomic E-state index is 13.0. The molecule has 0 aromatic heterocycles. The molecule has 0 rings (SSSR count). The summed E-state index contributed by atoms with van der Waals surface area (Å²) in [5.41, 5.74) is -6.30. The Balaban J connectivity index is 5.37. The minimum atomic E-state index is -6.74. The molecular formula is C8H5F12I. The van der Waals surface area contributed by atoms with Crippen molar-refractivity contribution < 1.29 is 52.7 Å². The second-order valence-corrected chi connectivity index (χ2v) is 5.55. The van der Waals surface area contributed by atoms with Crippen LogP contribution in [0.5, 0.6) is 0 Å². The fourth-order valence-corrected chi connectivity index (χ4v) is 1.81. The van der Waals surface area contributed by atoms with Gasteiger partial charge in [-0.25, -0.2) is 13.2 Å². The second-order valence-electron chi connectivity index (χ2n) is 4.04. The molecule has 0 radical (unpaired) electrons. The van der Waals surface area contributed by atoms with Gasteiger partial charge in [0.05, 0.1) is 6.42 Å². The molecule has 0 aromatic carbocycles. The molecule has 0 amide bonds. The van der Waals surface area contributed by atoms with Crippen LogP contribution in [-0.4, -0.2) is 34.0 Å². The van der Waals surface area contributed by atoms with Crippen molar-refractivity contribution in [1.29, 1.82) is 0 Å². The summed E-state index contributed by atoms with van der Waals surface area (Å²) in [6.45, 7) is 0. The third kappa shape index (κ3) is 5.23. The third-order valence-corrected chi connectivity index (χ3v) is 3.38. The van der Waals surface area contributed by atoms with Crippen LogP contribution in [0.1, 0.15) is 12.8 Å². The van der Waals surface area contributed by atoms with Gasteiger partial charge in [0.15, 0.2) is 0 Å². The highest BCUT2D eigenvalue weighted by molar-refractivity contribution is 14.1. The lowest BCUT2D eigenvalue weighted by Gasteiger charge is -2.33. The van der Waals surface area contributed by atoms with Gasteiger partial charge in [-0.2, -0.15) is 39.5 Å². The van der Waals surface area contributed by atoms with Crippen LogP contribution in [0.3, 0.4) is 0 Å². The van der Waals surface area contributed by atoms with Crippen LogP contribution in [0.25, 0.3) is 0 Å². The van der Waals surface area contributed by atoms with E-state index in [0.717, 1.165) is 0 Å². The van der Waals surface area contributed by atoms with E-state index in [1.165, 1.54) is 0 Å². The highest BCUT2D eigenvalue weighted by Gasteiger charge is 2.75. The first-order valence-electron chi connectivity index (χ1n) is 4.74. The topological polar surface area (TPSA) is 0 Å². The molecule has 0 bridgehead atoms. The van der Waals surface area contributed by atoms with Crippen molar-refractivity contribution >= 4 is 22.6 Å². The first-order valence-corrected chi connectivity index (χ1v) is 5.99.